The van der Waals surface area contributed by atoms with Crippen molar-refractivity contribution >= 4 is 17.9 Å². The lowest BCUT2D eigenvalue weighted by Crippen LogP contribution is -2.27. The van der Waals surface area contributed by atoms with Gasteiger partial charge in [0, 0.05) is 0 Å². The van der Waals surface area contributed by atoms with Crippen LogP contribution < -0.4 is 5.32 Å². The topological polar surface area (TPSA) is 106 Å². The molecule has 1 aromatic carbocycles. The Kier molecular flexibility index (Phi) is 4.11. The first kappa shape index (κ1) is 15.5. The fraction of sp³-hybridized carbons (Fsp3) is 0.286. The van der Waals surface area contributed by atoms with Gasteiger partial charge in [-0.25, -0.2) is 9.59 Å². The molecule has 0 saturated carbocycles. The van der Waals surface area contributed by atoms with E-state index in [1.807, 2.05) is 6.07 Å². The van der Waals surface area contributed by atoms with Crippen LogP contribution in [0.3, 0.4) is 0 Å². The van der Waals surface area contributed by atoms with Crippen molar-refractivity contribution < 1.29 is 19.4 Å². The highest BCUT2D eigenvalue weighted by Crippen LogP contribution is 2.15. The minimum Gasteiger partial charge on any atom is -0.476 e. The lowest BCUT2D eigenvalue weighted by molar-refractivity contribution is 0.0635. The molecule has 2 aromatic rings. The first-order valence-corrected chi connectivity index (χ1v) is 6.52. The van der Waals surface area contributed by atoms with Crippen LogP contribution >= 0.6 is 0 Å². The molecule has 0 spiro atoms. The summed E-state index contributed by atoms with van der Waals surface area (Å²) >= 11 is 0. The number of rotatable bonds is 3. The summed E-state index contributed by atoms with van der Waals surface area (Å²) in [6.07, 6.45) is -0.796. The van der Waals surface area contributed by atoms with Crippen molar-refractivity contribution in [3.63, 3.8) is 0 Å². The minimum absolute atomic E-state index is 0.175. The maximum Gasteiger partial charge on any atom is 0.413 e. The van der Waals surface area contributed by atoms with Crippen molar-refractivity contribution in [2.24, 2.45) is 0 Å². The fourth-order valence-corrected chi connectivity index (χ4v) is 1.61. The Morgan fingerprint density at radius 2 is 1.82 bits per heavy atom. The van der Waals surface area contributed by atoms with Crippen LogP contribution in [0.25, 0.3) is 5.69 Å². The number of hydrogen-bond donors (Lipinski definition) is 2. The number of aromatic nitrogens is 3. The van der Waals surface area contributed by atoms with E-state index < -0.39 is 17.7 Å². The zero-order valence-electron chi connectivity index (χ0n) is 12.4. The van der Waals surface area contributed by atoms with Crippen LogP contribution in [0.15, 0.2) is 30.3 Å². The Balaban J connectivity index is 2.29. The summed E-state index contributed by atoms with van der Waals surface area (Å²) in [5, 5.41) is 19.3. The van der Waals surface area contributed by atoms with E-state index in [9.17, 15) is 9.59 Å². The molecule has 0 aliphatic rings. The number of benzene rings is 1. The minimum atomic E-state index is -1.30. The summed E-state index contributed by atoms with van der Waals surface area (Å²) in [5.74, 6) is -1.47. The molecule has 22 heavy (non-hydrogen) atoms. The summed E-state index contributed by atoms with van der Waals surface area (Å²) in [6, 6.07) is 8.76. The van der Waals surface area contributed by atoms with Crippen molar-refractivity contribution in [3.8, 4) is 5.69 Å². The van der Waals surface area contributed by atoms with Crippen LogP contribution in [0.4, 0.5) is 10.6 Å². The summed E-state index contributed by atoms with van der Waals surface area (Å²) in [4.78, 5) is 24.1. The van der Waals surface area contributed by atoms with Crippen molar-refractivity contribution in [2.75, 3.05) is 5.32 Å². The molecule has 8 nitrogen and oxygen atoms in total. The van der Waals surface area contributed by atoms with Crippen LogP contribution in [0.1, 0.15) is 31.3 Å². The Labute approximate surface area is 126 Å². The van der Waals surface area contributed by atoms with Gasteiger partial charge >= 0.3 is 12.1 Å². The van der Waals surface area contributed by atoms with Gasteiger partial charge in [-0.1, -0.05) is 18.2 Å². The maximum atomic E-state index is 11.7. The highest BCUT2D eigenvalue weighted by molar-refractivity contribution is 5.95. The van der Waals surface area contributed by atoms with Crippen molar-refractivity contribution in [1.29, 1.82) is 0 Å². The van der Waals surface area contributed by atoms with Gasteiger partial charge in [-0.2, -0.15) is 0 Å². The Morgan fingerprint density at radius 3 is 2.36 bits per heavy atom. The third kappa shape index (κ3) is 3.81. The van der Waals surface area contributed by atoms with Gasteiger partial charge in [-0.05, 0) is 32.9 Å². The third-order valence-corrected chi connectivity index (χ3v) is 2.42. The van der Waals surface area contributed by atoms with Gasteiger partial charge in [-0.3, -0.25) is 5.32 Å². The summed E-state index contributed by atoms with van der Waals surface area (Å²) in [6.45, 7) is 5.10. The zero-order chi connectivity index (χ0) is 16.3. The Bertz CT molecular complexity index is 689. The van der Waals surface area contributed by atoms with E-state index in [0.717, 1.165) is 4.80 Å². The van der Waals surface area contributed by atoms with Gasteiger partial charge in [0.15, 0.2) is 5.82 Å². The van der Waals surface area contributed by atoms with Gasteiger partial charge in [-0.15, -0.1) is 15.0 Å². The molecule has 2 N–H and O–H groups in total. The molecule has 8 heteroatoms. The van der Waals surface area contributed by atoms with Gasteiger partial charge < -0.3 is 9.84 Å². The Morgan fingerprint density at radius 1 is 1.18 bits per heavy atom. The predicted octanol–water partition coefficient (Wildman–Crippen LogP) is 2.31. The standard InChI is InChI=1S/C14H16N4O4/c1-14(2,3)22-13(21)15-11-10(12(19)20)16-18(17-11)9-7-5-4-6-8-9/h4-8H,1-3H3,(H,19,20)(H,15,17,21). The summed E-state index contributed by atoms with van der Waals surface area (Å²) < 4.78 is 5.07. The first-order chi connectivity index (χ1) is 10.3. The lowest BCUT2D eigenvalue weighted by atomic mass is 10.2. The summed E-state index contributed by atoms with van der Waals surface area (Å²) in [7, 11) is 0. The largest absolute Gasteiger partial charge is 0.476 e. The molecular weight excluding hydrogens is 288 g/mol. The number of carbonyl (C=O) groups excluding carboxylic acids is 1. The second kappa shape index (κ2) is 5.84. The highest BCUT2D eigenvalue weighted by Gasteiger charge is 2.23. The van der Waals surface area contributed by atoms with Crippen LogP contribution in [0, 0.1) is 0 Å². The molecule has 0 aliphatic heterocycles. The maximum absolute atomic E-state index is 11.7. The molecule has 116 valence electrons. The first-order valence-electron chi connectivity index (χ1n) is 6.52. The van der Waals surface area contributed by atoms with E-state index in [1.54, 1.807) is 45.0 Å². The number of aromatic carboxylic acids is 1. The second-order valence-electron chi connectivity index (χ2n) is 5.45. The molecule has 0 saturated heterocycles. The second-order valence-corrected chi connectivity index (χ2v) is 5.45. The van der Waals surface area contributed by atoms with Gasteiger partial charge in [0.05, 0.1) is 5.69 Å². The van der Waals surface area contributed by atoms with Crippen LogP contribution in [-0.2, 0) is 4.74 Å². The molecule has 2 rings (SSSR count). The van der Waals surface area contributed by atoms with Crippen molar-refractivity contribution in [1.82, 2.24) is 15.0 Å². The normalized spacial score (nSPS) is 11.0. The molecule has 0 atom stereocenters. The predicted molar refractivity (Wildman–Crippen MR) is 78.2 cm³/mol. The lowest BCUT2D eigenvalue weighted by Gasteiger charge is -2.19. The molecule has 0 fully saturated rings. The number of carboxylic acid groups (broad SMARTS) is 1. The molecule has 0 unspecified atom stereocenters. The monoisotopic (exact) mass is 304 g/mol. The fourth-order valence-electron chi connectivity index (χ4n) is 1.61. The molecule has 1 heterocycles. The number of anilines is 1. The smallest absolute Gasteiger partial charge is 0.413 e. The van der Waals surface area contributed by atoms with Crippen molar-refractivity contribution in [2.45, 2.75) is 26.4 Å². The zero-order valence-corrected chi connectivity index (χ0v) is 12.4. The van der Waals surface area contributed by atoms with Crippen LogP contribution in [-0.4, -0.2) is 37.8 Å². The van der Waals surface area contributed by atoms with E-state index in [-0.39, 0.29) is 11.5 Å². The van der Waals surface area contributed by atoms with Gasteiger partial charge in [0.25, 0.3) is 0 Å². The number of nitrogens with one attached hydrogen (secondary N) is 1. The third-order valence-electron chi connectivity index (χ3n) is 2.42. The molecule has 0 bridgehead atoms. The van der Waals surface area contributed by atoms with E-state index in [2.05, 4.69) is 15.5 Å². The van der Waals surface area contributed by atoms with E-state index in [4.69, 9.17) is 9.84 Å². The number of amides is 1. The average Bonchev–Trinajstić information content (AvgIpc) is 2.81. The van der Waals surface area contributed by atoms with E-state index >= 15 is 0 Å². The number of hydrogen-bond acceptors (Lipinski definition) is 5. The molecule has 0 aliphatic carbocycles. The number of carboxylic acids is 1. The van der Waals surface area contributed by atoms with Crippen LogP contribution in [0.5, 0.6) is 0 Å². The Hall–Kier alpha value is -2.90. The van der Waals surface area contributed by atoms with Crippen LogP contribution in [0.2, 0.25) is 0 Å². The highest BCUT2D eigenvalue weighted by atomic mass is 16.6. The van der Waals surface area contributed by atoms with E-state index in [0.29, 0.717) is 5.69 Å². The summed E-state index contributed by atoms with van der Waals surface area (Å²) in [5.41, 5.74) is -0.500. The SMILES string of the molecule is CC(C)(C)OC(=O)Nc1nn(-c2ccccc2)nc1C(=O)O. The van der Waals surface area contributed by atoms with E-state index in [1.165, 1.54) is 0 Å². The quantitative estimate of drug-likeness (QED) is 0.901. The number of nitrogens with zero attached hydrogens (tertiary/aromatic N) is 3. The number of para-hydroxylation sites is 1. The number of ether oxygens (including phenoxy) is 1. The molecular formula is C14H16N4O4. The van der Waals surface area contributed by atoms with Gasteiger partial charge in [0.1, 0.15) is 5.60 Å². The molecule has 0 radical (unpaired) electrons. The number of carbonyl (C=O) groups is 2. The van der Waals surface area contributed by atoms with Gasteiger partial charge in [0.2, 0.25) is 5.69 Å². The van der Waals surface area contributed by atoms with Crippen molar-refractivity contribution in [3.05, 3.63) is 36.0 Å². The molecule has 1 aromatic heterocycles. The molecule has 1 amide bonds. The average molecular weight is 304 g/mol.